The molecule has 0 aliphatic rings. The first-order chi connectivity index (χ1) is 9.02. The van der Waals surface area contributed by atoms with Crippen LogP contribution in [0.3, 0.4) is 0 Å². The van der Waals surface area contributed by atoms with Gasteiger partial charge in [-0.3, -0.25) is 5.32 Å². The summed E-state index contributed by atoms with van der Waals surface area (Å²) < 4.78 is 0. The zero-order valence-electron chi connectivity index (χ0n) is 11.6. The first kappa shape index (κ1) is 15.8. The number of anilines is 1. The van der Waals surface area contributed by atoms with Crippen LogP contribution in [0.1, 0.15) is 38.6 Å². The number of aromatic nitrogens is 2. The Kier molecular flexibility index (Phi) is 6.72. The zero-order valence-corrected chi connectivity index (χ0v) is 12.5. The molecule has 0 aromatic carbocycles. The zero-order chi connectivity index (χ0) is 14.3. The Bertz CT molecular complexity index is 395. The number of amides is 2. The van der Waals surface area contributed by atoms with E-state index in [0.29, 0.717) is 18.1 Å². The molecule has 3 N–H and O–H groups in total. The highest BCUT2D eigenvalue weighted by Gasteiger charge is 2.10. The molecular formula is C12H22N4O2S. The standard InChI is InChI=1S/C12H22N4O2S/c1-4-5-10-15-16-12(19-10)14-11(18)13-7-6-9(17)8(2)3/h8-9,17H,4-7H2,1-3H3,(H2,13,14,16,18). The molecule has 2 amide bonds. The van der Waals surface area contributed by atoms with Crippen LogP contribution in [0.2, 0.25) is 0 Å². The quantitative estimate of drug-likeness (QED) is 0.715. The number of aryl methyl sites for hydroxylation is 1. The molecule has 1 heterocycles. The highest BCUT2D eigenvalue weighted by Crippen LogP contribution is 2.16. The van der Waals surface area contributed by atoms with E-state index < -0.39 is 6.10 Å². The Balaban J connectivity index is 2.26. The molecule has 1 unspecified atom stereocenters. The van der Waals surface area contributed by atoms with Crippen LogP contribution in [0.15, 0.2) is 0 Å². The van der Waals surface area contributed by atoms with Crippen molar-refractivity contribution < 1.29 is 9.90 Å². The number of rotatable bonds is 7. The molecule has 1 aromatic heterocycles. The van der Waals surface area contributed by atoms with Crippen LogP contribution in [0.5, 0.6) is 0 Å². The third-order valence-electron chi connectivity index (χ3n) is 2.65. The van der Waals surface area contributed by atoms with Gasteiger partial charge in [-0.15, -0.1) is 10.2 Å². The summed E-state index contributed by atoms with van der Waals surface area (Å²) in [7, 11) is 0. The maximum Gasteiger partial charge on any atom is 0.321 e. The smallest absolute Gasteiger partial charge is 0.321 e. The molecular weight excluding hydrogens is 264 g/mol. The number of hydrogen-bond acceptors (Lipinski definition) is 5. The molecule has 7 heteroatoms. The number of aliphatic hydroxyl groups excluding tert-OH is 1. The van der Waals surface area contributed by atoms with Gasteiger partial charge in [-0.1, -0.05) is 32.1 Å². The minimum atomic E-state index is -0.391. The number of hydrogen-bond donors (Lipinski definition) is 3. The first-order valence-corrected chi connectivity index (χ1v) is 7.39. The molecule has 0 fully saturated rings. The lowest BCUT2D eigenvalue weighted by molar-refractivity contribution is 0.117. The molecule has 0 spiro atoms. The highest BCUT2D eigenvalue weighted by molar-refractivity contribution is 7.15. The Labute approximate surface area is 117 Å². The van der Waals surface area contributed by atoms with Crippen molar-refractivity contribution >= 4 is 22.5 Å². The van der Waals surface area contributed by atoms with Crippen LogP contribution in [0.25, 0.3) is 0 Å². The molecule has 6 nitrogen and oxygen atoms in total. The van der Waals surface area contributed by atoms with E-state index >= 15 is 0 Å². The maximum atomic E-state index is 11.6. The molecule has 1 aromatic rings. The fraction of sp³-hybridized carbons (Fsp3) is 0.750. The molecule has 0 saturated carbocycles. The van der Waals surface area contributed by atoms with Gasteiger partial charge in [0.25, 0.3) is 0 Å². The minimum Gasteiger partial charge on any atom is -0.393 e. The summed E-state index contributed by atoms with van der Waals surface area (Å²) in [4.78, 5) is 11.6. The average Bonchev–Trinajstić information content (AvgIpc) is 2.76. The molecule has 19 heavy (non-hydrogen) atoms. The first-order valence-electron chi connectivity index (χ1n) is 6.58. The van der Waals surface area contributed by atoms with Crippen LogP contribution >= 0.6 is 11.3 Å². The van der Waals surface area contributed by atoms with Crippen LogP contribution in [-0.2, 0) is 6.42 Å². The molecule has 1 atom stereocenters. The minimum absolute atomic E-state index is 0.199. The van der Waals surface area contributed by atoms with Gasteiger partial charge in [-0.2, -0.15) is 0 Å². The van der Waals surface area contributed by atoms with E-state index in [1.807, 2.05) is 13.8 Å². The number of nitrogens with zero attached hydrogens (tertiary/aromatic N) is 2. The van der Waals surface area contributed by atoms with Gasteiger partial charge in [-0.05, 0) is 18.8 Å². The maximum absolute atomic E-state index is 11.6. The van der Waals surface area contributed by atoms with Crippen molar-refractivity contribution in [2.75, 3.05) is 11.9 Å². The van der Waals surface area contributed by atoms with Crippen molar-refractivity contribution in [2.24, 2.45) is 5.92 Å². The lowest BCUT2D eigenvalue weighted by atomic mass is 10.0. The van der Waals surface area contributed by atoms with E-state index in [9.17, 15) is 9.90 Å². The summed E-state index contributed by atoms with van der Waals surface area (Å²) in [5.74, 6) is 0.199. The summed E-state index contributed by atoms with van der Waals surface area (Å²) in [6.45, 7) is 6.40. The van der Waals surface area contributed by atoms with Gasteiger partial charge >= 0.3 is 6.03 Å². The lowest BCUT2D eigenvalue weighted by Gasteiger charge is -2.14. The predicted molar refractivity (Wildman–Crippen MR) is 76.4 cm³/mol. The van der Waals surface area contributed by atoms with Gasteiger partial charge in [-0.25, -0.2) is 4.79 Å². The van der Waals surface area contributed by atoms with Crippen molar-refractivity contribution in [1.82, 2.24) is 15.5 Å². The summed E-state index contributed by atoms with van der Waals surface area (Å²) in [5.41, 5.74) is 0. The molecule has 0 aliphatic heterocycles. The summed E-state index contributed by atoms with van der Waals surface area (Å²) in [6, 6.07) is -0.310. The Morgan fingerprint density at radius 1 is 1.42 bits per heavy atom. The third kappa shape index (κ3) is 5.98. The van der Waals surface area contributed by atoms with Gasteiger partial charge in [0.1, 0.15) is 5.01 Å². The fourth-order valence-corrected chi connectivity index (χ4v) is 2.26. The number of urea groups is 1. The number of aliphatic hydroxyl groups is 1. The van der Waals surface area contributed by atoms with Gasteiger partial charge in [0, 0.05) is 13.0 Å². The van der Waals surface area contributed by atoms with E-state index in [2.05, 4.69) is 27.8 Å². The Morgan fingerprint density at radius 2 is 2.16 bits per heavy atom. The predicted octanol–water partition coefficient (Wildman–Crippen LogP) is 2.02. The van der Waals surface area contributed by atoms with Gasteiger partial charge < -0.3 is 10.4 Å². The fourth-order valence-electron chi connectivity index (χ4n) is 1.43. The number of nitrogens with one attached hydrogen (secondary N) is 2. The van der Waals surface area contributed by atoms with Crippen LogP contribution in [0.4, 0.5) is 9.93 Å². The van der Waals surface area contributed by atoms with Gasteiger partial charge in [0.15, 0.2) is 0 Å². The topological polar surface area (TPSA) is 87.1 Å². The number of carbonyl (C=O) groups is 1. The van der Waals surface area contributed by atoms with Crippen molar-refractivity contribution in [1.29, 1.82) is 0 Å². The van der Waals surface area contributed by atoms with Crippen molar-refractivity contribution in [3.63, 3.8) is 0 Å². The highest BCUT2D eigenvalue weighted by atomic mass is 32.1. The lowest BCUT2D eigenvalue weighted by Crippen LogP contribution is -2.32. The second-order valence-corrected chi connectivity index (χ2v) is 5.79. The van der Waals surface area contributed by atoms with Gasteiger partial charge in [0.05, 0.1) is 6.10 Å². The molecule has 1 rings (SSSR count). The summed E-state index contributed by atoms with van der Waals surface area (Å²) >= 11 is 1.39. The third-order valence-corrected chi connectivity index (χ3v) is 3.54. The second-order valence-electron chi connectivity index (χ2n) is 4.73. The van der Waals surface area contributed by atoms with Crippen molar-refractivity contribution in [3.05, 3.63) is 5.01 Å². The van der Waals surface area contributed by atoms with Crippen molar-refractivity contribution in [2.45, 2.75) is 46.1 Å². The van der Waals surface area contributed by atoms with E-state index in [1.165, 1.54) is 11.3 Å². The van der Waals surface area contributed by atoms with Crippen LogP contribution in [0, 0.1) is 5.92 Å². The van der Waals surface area contributed by atoms with Crippen molar-refractivity contribution in [3.8, 4) is 0 Å². The molecule has 0 saturated heterocycles. The largest absolute Gasteiger partial charge is 0.393 e. The second kappa shape index (κ2) is 8.06. The van der Waals surface area contributed by atoms with Crippen LogP contribution < -0.4 is 10.6 Å². The molecule has 0 aliphatic carbocycles. The number of carbonyl (C=O) groups excluding carboxylic acids is 1. The van der Waals surface area contributed by atoms with E-state index in [-0.39, 0.29) is 11.9 Å². The average molecular weight is 286 g/mol. The van der Waals surface area contributed by atoms with Crippen LogP contribution in [-0.4, -0.2) is 34.0 Å². The summed E-state index contributed by atoms with van der Waals surface area (Å²) in [5, 5.41) is 24.2. The van der Waals surface area contributed by atoms with E-state index in [4.69, 9.17) is 0 Å². The Morgan fingerprint density at radius 3 is 2.79 bits per heavy atom. The molecule has 0 bridgehead atoms. The monoisotopic (exact) mass is 286 g/mol. The van der Waals surface area contributed by atoms with E-state index in [0.717, 1.165) is 17.8 Å². The molecule has 0 radical (unpaired) electrons. The van der Waals surface area contributed by atoms with E-state index in [1.54, 1.807) is 0 Å². The Hall–Kier alpha value is -1.21. The molecule has 108 valence electrons. The van der Waals surface area contributed by atoms with Gasteiger partial charge in [0.2, 0.25) is 5.13 Å². The summed E-state index contributed by atoms with van der Waals surface area (Å²) in [6.07, 6.45) is 2.04. The SMILES string of the molecule is CCCc1nnc(NC(=O)NCCC(O)C(C)C)s1. The normalized spacial score (nSPS) is 12.5.